The fraction of sp³-hybridized carbons (Fsp3) is 0.652. The molecule has 123 heavy (non-hydrogen) atoms. The maximum Gasteiger partial charge on any atom is 0.329 e. The average molecular weight is 1720 g/mol. The Morgan fingerprint density at radius 2 is 1.46 bits per heavy atom. The van der Waals surface area contributed by atoms with Gasteiger partial charge in [-0.15, -0.1) is 0 Å². The number of nitrogens with two attached hydrogens (primary N) is 1. The van der Waals surface area contributed by atoms with E-state index in [4.69, 9.17) is 72.5 Å². The van der Waals surface area contributed by atoms with Gasteiger partial charge in [0.1, 0.15) is 47.8 Å². The SMILES string of the molecule is CO[C@H]1C[C@@H]2CC[C@@H](C)[C@@](O)(O2)C(=O)C(=O)N2CCCC[C@H]2C(=O)O[C@H]([C@H](C)C[C@@H]2CC[C@@H](O)[C@H](OC)C2)C[C@@H](OC)[C@H](C)/C=C(\C)[C@@H](O)[C@@H](OC)C(=NOCC(=O)CCCOCCOCCOCCOCCOCCOCCC(=O)N2CCc3cc(Cn4nc(-c5cnc6[nH]ccc6c5)c5c(N)ncnc54)ccc3C2)[C@H](C)C[C@H](C)/C=C/C=C/C=C/1C. The van der Waals surface area contributed by atoms with Gasteiger partial charge in [0.15, 0.2) is 18.0 Å². The summed E-state index contributed by atoms with van der Waals surface area (Å²) in [6, 6.07) is 9.23. The van der Waals surface area contributed by atoms with E-state index in [2.05, 4.69) is 56.3 Å². The van der Waals surface area contributed by atoms with Gasteiger partial charge in [-0.05, 0) is 149 Å². The van der Waals surface area contributed by atoms with Crippen molar-refractivity contribution in [3.63, 3.8) is 0 Å². The van der Waals surface area contributed by atoms with E-state index in [1.54, 1.807) is 41.4 Å². The Balaban J connectivity index is 0.627. The minimum absolute atomic E-state index is 0.00527. The lowest BCUT2D eigenvalue weighted by atomic mass is 9.78. The number of benzene rings is 1. The van der Waals surface area contributed by atoms with Gasteiger partial charge in [-0.3, -0.25) is 19.2 Å². The van der Waals surface area contributed by atoms with E-state index >= 15 is 0 Å². The highest BCUT2D eigenvalue weighted by atomic mass is 16.6. The number of pyridine rings is 1. The van der Waals surface area contributed by atoms with Gasteiger partial charge in [0.25, 0.3) is 11.7 Å². The van der Waals surface area contributed by atoms with Crippen LogP contribution in [0, 0.1) is 35.5 Å². The second-order valence-electron chi connectivity index (χ2n) is 33.7. The normalized spacial score (nSPS) is 28.4. The van der Waals surface area contributed by atoms with Crippen molar-refractivity contribution in [2.24, 2.45) is 40.7 Å². The van der Waals surface area contributed by atoms with Crippen LogP contribution in [0.2, 0.25) is 0 Å². The molecule has 4 aliphatic heterocycles. The molecule has 2 bridgehead atoms. The number of hydrogen-bond donors (Lipinski definition) is 5. The minimum Gasteiger partial charge on any atom is -0.460 e. The van der Waals surface area contributed by atoms with Crippen molar-refractivity contribution in [1.29, 1.82) is 0 Å². The van der Waals surface area contributed by atoms with Gasteiger partial charge < -0.3 is 97.5 Å². The Hall–Kier alpha value is -8.12. The maximum absolute atomic E-state index is 14.9. The van der Waals surface area contributed by atoms with Gasteiger partial charge in [0, 0.05) is 115 Å². The number of aromatic amines is 1. The molecule has 16 atom stereocenters. The number of aliphatic hydroxyl groups excluding tert-OH is 2. The summed E-state index contributed by atoms with van der Waals surface area (Å²) in [6.45, 7) is 19.2. The van der Waals surface area contributed by atoms with E-state index in [-0.39, 0.29) is 86.2 Å². The highest BCUT2D eigenvalue weighted by molar-refractivity contribution is 6.39. The fourth-order valence-corrected chi connectivity index (χ4v) is 17.4. The van der Waals surface area contributed by atoms with E-state index in [9.17, 15) is 39.3 Å². The molecule has 1 aromatic carbocycles. The van der Waals surface area contributed by atoms with E-state index in [1.807, 2.05) is 86.0 Å². The number of nitrogen functional groups attached to an aromatic ring is 1. The second-order valence-corrected chi connectivity index (χ2v) is 33.7. The number of Topliss-reactive ketones (excluding diaryl/α,β-unsaturated/α-hetero) is 2. The molecular formula is C92H134N10O21. The monoisotopic (exact) mass is 1710 g/mol. The van der Waals surface area contributed by atoms with Crippen LogP contribution in [0.25, 0.3) is 33.3 Å². The summed E-state index contributed by atoms with van der Waals surface area (Å²) in [5.41, 5.74) is 14.5. The number of oxime groups is 1. The lowest BCUT2D eigenvalue weighted by molar-refractivity contribution is -0.265. The topological polar surface area (TPSA) is 383 Å². The van der Waals surface area contributed by atoms with Gasteiger partial charge >= 0.3 is 5.97 Å². The van der Waals surface area contributed by atoms with Gasteiger partial charge in [0.2, 0.25) is 11.7 Å². The van der Waals surface area contributed by atoms with E-state index in [0.29, 0.717) is 197 Å². The van der Waals surface area contributed by atoms with Crippen molar-refractivity contribution in [1.82, 2.24) is 39.5 Å². The number of methoxy groups -OCH3 is 4. The first-order chi connectivity index (χ1) is 59.4. The van der Waals surface area contributed by atoms with Crippen molar-refractivity contribution >= 4 is 62.9 Å². The number of piperidine rings is 1. The number of cyclic esters (lactones) is 1. The zero-order chi connectivity index (χ0) is 88.0. The number of nitrogens with one attached hydrogen (secondary N) is 1. The lowest BCUT2D eigenvalue weighted by Crippen LogP contribution is -2.61. The Morgan fingerprint density at radius 1 is 0.740 bits per heavy atom. The number of rotatable bonds is 35. The molecule has 0 spiro atoms. The van der Waals surface area contributed by atoms with Crippen LogP contribution in [0.5, 0.6) is 0 Å². The van der Waals surface area contributed by atoms with E-state index < -0.39 is 78.1 Å². The smallest absolute Gasteiger partial charge is 0.329 e. The third-order valence-corrected chi connectivity index (χ3v) is 24.6. The van der Waals surface area contributed by atoms with Crippen LogP contribution >= 0.6 is 0 Å². The molecule has 1 aliphatic carbocycles. The van der Waals surface area contributed by atoms with Crippen LogP contribution < -0.4 is 5.73 Å². The van der Waals surface area contributed by atoms with Crippen LogP contribution in [0.4, 0.5) is 5.82 Å². The Bertz CT molecular complexity index is 4360. The Labute approximate surface area is 723 Å². The third-order valence-electron chi connectivity index (χ3n) is 24.6. The van der Waals surface area contributed by atoms with Gasteiger partial charge in [0.05, 0.1) is 127 Å². The molecule has 1 saturated carbocycles. The van der Waals surface area contributed by atoms with E-state index in [0.717, 1.165) is 46.1 Å². The number of fused-ring (bicyclic) bond motifs is 6. The number of H-pyrrole nitrogens is 1. The standard InChI is InChI=1S/C92H134N10O21/c1-59-18-13-12-14-19-60(2)76(111-8)52-73-26-22-65(7)92(110,123-73)86(107)90(108)101-32-16-15-21-74(101)91(109)122-78(62(4)48-66-24-27-75(104)79(50-66)113-10)53-77(112-9)61(3)47-64(6)84(106)85(114-11)82(63(5)46-59)99-121-57-72(103)20-17-34-115-36-38-117-40-42-119-44-45-120-43-41-118-39-37-116-35-30-80(105)100-33-29-68-49-67(23-25-70(68)56-100)55-102-89-81(87(93)96-58-97-89)83(98-102)71-51-69-28-31-94-88(69)95-54-71/h12-14,18-19,23,25,28,31,47,49,51,54,58-59,61-63,65-66,73-79,84-85,104,106,110H,15-17,20-22,24,26-27,29-30,32-46,48,50,52-53,55-57H2,1-11H3,(H,94,95)(H2,93,96,97)/b14-12+,18-13+,60-19+,64-47+,99-82?/t59-,61-,62-,63-,65-,66+,73+,74+,75-,76+,77-,78+,79-,84-,85+,92-/m1/s1. The molecule has 8 heterocycles. The maximum atomic E-state index is 14.9. The number of aliphatic hydroxyl groups is 3. The number of aromatic nitrogens is 6. The van der Waals surface area contributed by atoms with Crippen molar-refractivity contribution in [3.05, 3.63) is 113 Å². The zero-order valence-electron chi connectivity index (χ0n) is 73.9. The predicted octanol–water partition coefficient (Wildman–Crippen LogP) is 10.2. The molecule has 678 valence electrons. The number of carbonyl (C=O) groups excluding carboxylic acids is 5. The van der Waals surface area contributed by atoms with Gasteiger partial charge in [-0.1, -0.05) is 94.4 Å². The average Bonchev–Trinajstić information content (AvgIpc) is 1.74. The highest BCUT2D eigenvalue weighted by Gasteiger charge is 2.53. The second kappa shape index (κ2) is 49.1. The molecule has 31 heteroatoms. The number of amides is 2. The minimum atomic E-state index is -2.44. The quantitative estimate of drug-likeness (QED) is 0.00827. The summed E-state index contributed by atoms with van der Waals surface area (Å²) >= 11 is 0. The summed E-state index contributed by atoms with van der Waals surface area (Å²) in [7, 11) is 6.26. The highest BCUT2D eigenvalue weighted by Crippen LogP contribution is 2.40. The lowest BCUT2D eigenvalue weighted by Gasteiger charge is -2.43. The largest absolute Gasteiger partial charge is 0.460 e. The van der Waals surface area contributed by atoms with Crippen LogP contribution in [0.15, 0.2) is 102 Å². The van der Waals surface area contributed by atoms with Crippen molar-refractivity contribution in [2.75, 3.05) is 133 Å². The van der Waals surface area contributed by atoms with Crippen molar-refractivity contribution in [3.8, 4) is 11.3 Å². The number of carbonyl (C=O) groups is 5. The van der Waals surface area contributed by atoms with Crippen LogP contribution in [-0.2, 0) is 105 Å². The number of ketones is 2. The van der Waals surface area contributed by atoms with Crippen LogP contribution in [0.3, 0.4) is 0 Å². The van der Waals surface area contributed by atoms with E-state index in [1.165, 1.54) is 23.9 Å². The summed E-state index contributed by atoms with van der Waals surface area (Å²) in [6.07, 6.45) is 18.8. The van der Waals surface area contributed by atoms with Crippen LogP contribution in [0.1, 0.15) is 161 Å². The summed E-state index contributed by atoms with van der Waals surface area (Å²) in [4.78, 5) is 96.0. The number of hydrogen-bond acceptors (Lipinski definition) is 27. The molecular weight excluding hydrogens is 1580 g/mol. The molecule has 6 N–H and O–H groups in total. The molecule has 31 nitrogen and oxygen atoms in total. The molecule has 0 radical (unpaired) electrons. The Morgan fingerprint density at radius 3 is 2.16 bits per heavy atom. The number of allylic oxidation sites excluding steroid dienone is 5. The van der Waals surface area contributed by atoms with Gasteiger partial charge in [-0.25, -0.2) is 24.4 Å². The molecule has 2 amide bonds. The van der Waals surface area contributed by atoms with Crippen molar-refractivity contribution in [2.45, 2.75) is 225 Å². The summed E-state index contributed by atoms with van der Waals surface area (Å²) in [5.74, 6) is -6.55. The number of esters is 1. The first-order valence-corrected chi connectivity index (χ1v) is 44.0. The van der Waals surface area contributed by atoms with Crippen molar-refractivity contribution < 1.29 is 101 Å². The molecule has 5 aromatic rings. The number of nitrogens with zero attached hydrogens (tertiary/aromatic N) is 8. The molecule has 4 aromatic heterocycles. The first-order valence-electron chi connectivity index (χ1n) is 44.0. The zero-order valence-corrected chi connectivity index (χ0v) is 73.9. The summed E-state index contributed by atoms with van der Waals surface area (Å²) < 4.78 is 72.9. The fourth-order valence-electron chi connectivity index (χ4n) is 17.4. The molecule has 3 fully saturated rings. The first kappa shape index (κ1) is 97.1. The molecule has 2 saturated heterocycles. The molecule has 0 unspecified atom stereocenters. The summed E-state index contributed by atoms with van der Waals surface area (Å²) in [5, 5.41) is 46.5. The van der Waals surface area contributed by atoms with Gasteiger partial charge in [-0.2, -0.15) is 5.10 Å². The molecule has 10 rings (SSSR count). The Kier molecular flexibility index (Phi) is 38.8. The molecule has 5 aliphatic rings. The number of anilines is 1. The third kappa shape index (κ3) is 27.7. The van der Waals surface area contributed by atoms with Crippen LogP contribution in [-0.4, -0.2) is 278 Å². The number of ether oxygens (including phenoxy) is 12. The predicted molar refractivity (Wildman–Crippen MR) is 463 cm³/mol.